The predicted molar refractivity (Wildman–Crippen MR) is 74.7 cm³/mol. The smallest absolute Gasteiger partial charge is 0.241 e. The Labute approximate surface area is 116 Å². The van der Waals surface area contributed by atoms with E-state index in [1.807, 2.05) is 0 Å². The summed E-state index contributed by atoms with van der Waals surface area (Å²) in [7, 11) is -3.69. The molecule has 4 N–H and O–H groups in total. The molecule has 0 bridgehead atoms. The van der Waals surface area contributed by atoms with Crippen LogP contribution in [0.2, 0.25) is 0 Å². The Morgan fingerprint density at radius 1 is 1.50 bits per heavy atom. The van der Waals surface area contributed by atoms with E-state index in [0.717, 1.165) is 0 Å². The third-order valence-electron chi connectivity index (χ3n) is 2.79. The molecule has 0 aliphatic carbocycles. The fraction of sp³-hybridized carbons (Fsp3) is 0.455. The fourth-order valence-electron chi connectivity index (χ4n) is 1.29. The lowest BCUT2D eigenvalue weighted by molar-refractivity contribution is 0.191. The maximum atomic E-state index is 12.1. The van der Waals surface area contributed by atoms with Crippen molar-refractivity contribution >= 4 is 31.6 Å². The number of aliphatic hydroxyl groups excluding tert-OH is 1. The molecule has 0 heterocycles. The van der Waals surface area contributed by atoms with Gasteiger partial charge >= 0.3 is 0 Å². The molecule has 1 rings (SSSR count). The molecular weight excluding hydrogens is 320 g/mol. The first kappa shape index (κ1) is 15.4. The molecule has 0 spiro atoms. The molecule has 0 aliphatic rings. The number of rotatable bonds is 5. The zero-order valence-electron chi connectivity index (χ0n) is 10.3. The van der Waals surface area contributed by atoms with Gasteiger partial charge in [0.15, 0.2) is 0 Å². The number of halogens is 1. The van der Waals surface area contributed by atoms with E-state index in [-0.39, 0.29) is 11.5 Å². The molecule has 5 nitrogen and oxygen atoms in total. The Kier molecular flexibility index (Phi) is 4.77. The maximum absolute atomic E-state index is 12.1. The topological polar surface area (TPSA) is 92.4 Å². The van der Waals surface area contributed by atoms with Crippen LogP contribution in [0.4, 0.5) is 5.69 Å². The Morgan fingerprint density at radius 3 is 2.56 bits per heavy atom. The third-order valence-corrected chi connectivity index (χ3v) is 5.15. The Morgan fingerprint density at radius 2 is 2.11 bits per heavy atom. The second kappa shape index (κ2) is 5.56. The summed E-state index contributed by atoms with van der Waals surface area (Å²) >= 11 is 3.20. The summed E-state index contributed by atoms with van der Waals surface area (Å²) in [5, 5.41) is 9.24. The van der Waals surface area contributed by atoms with Crippen LogP contribution >= 0.6 is 15.9 Å². The van der Waals surface area contributed by atoms with Crippen LogP contribution < -0.4 is 10.5 Å². The summed E-state index contributed by atoms with van der Waals surface area (Å²) in [5.41, 5.74) is 5.13. The molecule has 1 unspecified atom stereocenters. The number of nitrogen functional groups attached to an aromatic ring is 1. The van der Waals surface area contributed by atoms with Gasteiger partial charge < -0.3 is 10.8 Å². The summed E-state index contributed by atoms with van der Waals surface area (Å²) in [5.74, 6) is 0. The van der Waals surface area contributed by atoms with E-state index in [1.54, 1.807) is 19.9 Å². The van der Waals surface area contributed by atoms with Gasteiger partial charge in [-0.1, -0.05) is 6.92 Å². The SMILES string of the molecule is CCC(C)(CO)NS(=O)(=O)c1ccc(Br)c(N)c1. The third kappa shape index (κ3) is 3.44. The van der Waals surface area contributed by atoms with Crippen LogP contribution in [0.3, 0.4) is 0 Å². The first-order valence-electron chi connectivity index (χ1n) is 5.44. The van der Waals surface area contributed by atoms with E-state index >= 15 is 0 Å². The van der Waals surface area contributed by atoms with Crippen molar-refractivity contribution in [2.45, 2.75) is 30.7 Å². The second-order valence-corrected chi connectivity index (χ2v) is 6.90. The Balaban J connectivity index is 3.10. The number of nitrogens with one attached hydrogen (secondary N) is 1. The summed E-state index contributed by atoms with van der Waals surface area (Å²) < 4.78 is 27.4. The van der Waals surface area contributed by atoms with Crippen LogP contribution in [-0.4, -0.2) is 25.7 Å². The van der Waals surface area contributed by atoms with E-state index in [2.05, 4.69) is 20.7 Å². The van der Waals surface area contributed by atoms with E-state index in [0.29, 0.717) is 16.6 Å². The fourth-order valence-corrected chi connectivity index (χ4v) is 3.04. The van der Waals surface area contributed by atoms with Gasteiger partial charge in [-0.3, -0.25) is 0 Å². The summed E-state index contributed by atoms with van der Waals surface area (Å²) in [4.78, 5) is 0.0799. The highest BCUT2D eigenvalue weighted by molar-refractivity contribution is 9.10. The van der Waals surface area contributed by atoms with E-state index < -0.39 is 15.6 Å². The average molecular weight is 337 g/mol. The van der Waals surface area contributed by atoms with E-state index in [9.17, 15) is 13.5 Å². The minimum Gasteiger partial charge on any atom is -0.398 e. The predicted octanol–water partition coefficient (Wildman–Crippen LogP) is 1.47. The van der Waals surface area contributed by atoms with Gasteiger partial charge in [0.1, 0.15) is 0 Å². The van der Waals surface area contributed by atoms with Crippen molar-refractivity contribution in [3.8, 4) is 0 Å². The highest BCUT2D eigenvalue weighted by Crippen LogP contribution is 2.23. The van der Waals surface area contributed by atoms with Gasteiger partial charge in [0.25, 0.3) is 0 Å². The van der Waals surface area contributed by atoms with Crippen molar-refractivity contribution in [3.05, 3.63) is 22.7 Å². The van der Waals surface area contributed by atoms with Crippen molar-refractivity contribution in [2.24, 2.45) is 0 Å². The van der Waals surface area contributed by atoms with Crippen LogP contribution in [0.5, 0.6) is 0 Å². The molecule has 1 aromatic rings. The number of anilines is 1. The van der Waals surface area contributed by atoms with E-state index in [4.69, 9.17) is 5.73 Å². The monoisotopic (exact) mass is 336 g/mol. The molecule has 18 heavy (non-hydrogen) atoms. The minimum absolute atomic E-state index is 0.0799. The van der Waals surface area contributed by atoms with Crippen molar-refractivity contribution in [2.75, 3.05) is 12.3 Å². The molecule has 0 saturated carbocycles. The first-order valence-corrected chi connectivity index (χ1v) is 7.71. The van der Waals surface area contributed by atoms with Gasteiger partial charge in [0.2, 0.25) is 10.0 Å². The van der Waals surface area contributed by atoms with Crippen LogP contribution in [0.15, 0.2) is 27.6 Å². The minimum atomic E-state index is -3.69. The number of hydrogen-bond donors (Lipinski definition) is 3. The van der Waals surface area contributed by atoms with Crippen molar-refractivity contribution < 1.29 is 13.5 Å². The zero-order valence-corrected chi connectivity index (χ0v) is 12.7. The summed E-state index contributed by atoms with van der Waals surface area (Å²) in [6, 6.07) is 4.40. The van der Waals surface area contributed by atoms with Crippen molar-refractivity contribution in [1.29, 1.82) is 0 Å². The zero-order chi connectivity index (χ0) is 14.0. The number of nitrogens with two attached hydrogens (primary N) is 1. The molecule has 7 heteroatoms. The van der Waals surface area contributed by atoms with Crippen LogP contribution in [0.25, 0.3) is 0 Å². The van der Waals surface area contributed by atoms with Gasteiger partial charge in [-0.05, 0) is 47.5 Å². The van der Waals surface area contributed by atoms with Gasteiger partial charge in [-0.15, -0.1) is 0 Å². The van der Waals surface area contributed by atoms with Gasteiger partial charge in [-0.2, -0.15) is 0 Å². The molecule has 0 amide bonds. The average Bonchev–Trinajstić information content (AvgIpc) is 2.32. The largest absolute Gasteiger partial charge is 0.398 e. The normalized spacial score (nSPS) is 15.3. The Bertz CT molecular complexity index is 527. The standard InChI is InChI=1S/C11H17BrN2O3S/c1-3-11(2,7-15)14-18(16,17)8-4-5-9(12)10(13)6-8/h4-6,14-15H,3,7,13H2,1-2H3. The molecule has 0 radical (unpaired) electrons. The molecule has 0 aliphatic heterocycles. The highest BCUT2D eigenvalue weighted by Gasteiger charge is 2.28. The summed E-state index contributed by atoms with van der Waals surface area (Å²) in [6.45, 7) is 3.18. The number of sulfonamides is 1. The molecule has 1 atom stereocenters. The van der Waals surface area contributed by atoms with Crippen LogP contribution in [-0.2, 0) is 10.0 Å². The van der Waals surface area contributed by atoms with E-state index in [1.165, 1.54) is 12.1 Å². The van der Waals surface area contributed by atoms with Crippen LogP contribution in [0, 0.1) is 0 Å². The molecular formula is C11H17BrN2O3S. The van der Waals surface area contributed by atoms with Gasteiger partial charge in [0.05, 0.1) is 17.0 Å². The molecule has 0 aromatic heterocycles. The Hall–Kier alpha value is -0.630. The van der Waals surface area contributed by atoms with Crippen LogP contribution in [0.1, 0.15) is 20.3 Å². The van der Waals surface area contributed by atoms with Crippen molar-refractivity contribution in [1.82, 2.24) is 4.72 Å². The first-order chi connectivity index (χ1) is 8.24. The number of aliphatic hydroxyl groups is 1. The lowest BCUT2D eigenvalue weighted by Crippen LogP contribution is -2.48. The number of benzene rings is 1. The number of hydrogen-bond acceptors (Lipinski definition) is 4. The second-order valence-electron chi connectivity index (χ2n) is 4.36. The highest BCUT2D eigenvalue weighted by atomic mass is 79.9. The van der Waals surface area contributed by atoms with Gasteiger partial charge in [-0.25, -0.2) is 13.1 Å². The lowest BCUT2D eigenvalue weighted by atomic mass is 10.0. The quantitative estimate of drug-likeness (QED) is 0.710. The molecule has 1 aromatic carbocycles. The van der Waals surface area contributed by atoms with Gasteiger partial charge in [0, 0.05) is 10.2 Å². The summed E-state index contributed by atoms with van der Waals surface area (Å²) in [6.07, 6.45) is 0.481. The lowest BCUT2D eigenvalue weighted by Gasteiger charge is -2.26. The maximum Gasteiger partial charge on any atom is 0.241 e. The van der Waals surface area contributed by atoms with Crippen molar-refractivity contribution in [3.63, 3.8) is 0 Å². The molecule has 102 valence electrons. The molecule has 0 saturated heterocycles. The molecule has 0 fully saturated rings.